The number of ketones is 1. The van der Waals surface area contributed by atoms with E-state index in [1.165, 1.54) is 16.0 Å². The van der Waals surface area contributed by atoms with Crippen LogP contribution in [-0.4, -0.2) is 20.3 Å². The van der Waals surface area contributed by atoms with Crippen molar-refractivity contribution in [2.24, 2.45) is 0 Å². The Bertz CT molecular complexity index is 1430. The Balaban J connectivity index is 1.23. The van der Waals surface area contributed by atoms with E-state index in [9.17, 15) is 4.79 Å². The fraction of sp³-hybridized carbons (Fsp3) is 0.321. The van der Waals surface area contributed by atoms with Crippen molar-refractivity contribution < 1.29 is 4.79 Å². The Kier molecular flexibility index (Phi) is 4.62. The van der Waals surface area contributed by atoms with E-state index >= 15 is 0 Å². The average Bonchev–Trinajstić information content (AvgIpc) is 3.35. The number of rotatable bonds is 6. The number of thiazole rings is 1. The van der Waals surface area contributed by atoms with Gasteiger partial charge in [0, 0.05) is 40.4 Å². The Hall–Kier alpha value is -3.25. The summed E-state index contributed by atoms with van der Waals surface area (Å²) >= 11 is 1.62. The first-order chi connectivity index (χ1) is 16.3. The number of aryl methyl sites for hydroxylation is 3. The van der Waals surface area contributed by atoms with Gasteiger partial charge in [0.2, 0.25) is 0 Å². The molecule has 4 aromatic rings. The predicted molar refractivity (Wildman–Crippen MR) is 136 cm³/mol. The number of Topliss-reactive ketones (excluding diaryl/α,β-unsaturated/α-hetero) is 1. The molecule has 0 unspecified atom stereocenters. The molecule has 3 fully saturated rings. The molecule has 3 aliphatic carbocycles. The molecule has 2 aromatic carbocycles. The summed E-state index contributed by atoms with van der Waals surface area (Å²) in [5.41, 5.74) is 13.9. The summed E-state index contributed by atoms with van der Waals surface area (Å²) in [4.78, 5) is 23.2. The van der Waals surface area contributed by atoms with Crippen LogP contribution >= 0.6 is 11.3 Å². The number of aromatic nitrogens is 3. The number of anilines is 1. The summed E-state index contributed by atoms with van der Waals surface area (Å²) in [6.07, 6.45) is 9.56. The van der Waals surface area contributed by atoms with Crippen molar-refractivity contribution in [1.82, 2.24) is 14.5 Å². The monoisotopic (exact) mass is 468 g/mol. The largest absolute Gasteiger partial charge is 0.375 e. The highest BCUT2D eigenvalue weighted by atomic mass is 32.1. The molecule has 0 amide bonds. The summed E-state index contributed by atoms with van der Waals surface area (Å²) in [5.74, 6) is 0.163. The van der Waals surface area contributed by atoms with Crippen molar-refractivity contribution in [3.8, 4) is 5.69 Å². The zero-order valence-corrected chi connectivity index (χ0v) is 20.6. The molecule has 2 bridgehead atoms. The van der Waals surface area contributed by atoms with Crippen LogP contribution in [0.1, 0.15) is 62.4 Å². The van der Waals surface area contributed by atoms with E-state index < -0.39 is 0 Å². The molecule has 0 atom stereocenters. The van der Waals surface area contributed by atoms with Gasteiger partial charge in [-0.25, -0.2) is 9.97 Å². The molecule has 2 N–H and O–H groups in total. The number of carbonyl (C=O) groups is 1. The van der Waals surface area contributed by atoms with Crippen LogP contribution in [0.15, 0.2) is 55.1 Å². The van der Waals surface area contributed by atoms with Gasteiger partial charge in [-0.15, -0.1) is 11.3 Å². The SMILES string of the molecule is Cc1cc(CC(=O)c2ccc(C)c(C34CC(c5cnc(N)s5)(C3)C4)c2)cc(-n2cnc(C)c2)c1. The first kappa shape index (κ1) is 21.3. The van der Waals surface area contributed by atoms with Crippen molar-refractivity contribution in [3.63, 3.8) is 0 Å². The lowest BCUT2D eigenvalue weighted by atomic mass is 9.33. The summed E-state index contributed by atoms with van der Waals surface area (Å²) in [6.45, 7) is 6.22. The van der Waals surface area contributed by atoms with E-state index in [4.69, 9.17) is 5.73 Å². The highest BCUT2D eigenvalue weighted by Crippen LogP contribution is 2.74. The van der Waals surface area contributed by atoms with E-state index in [2.05, 4.69) is 54.1 Å². The molecule has 0 radical (unpaired) electrons. The van der Waals surface area contributed by atoms with Gasteiger partial charge in [0.25, 0.3) is 0 Å². The number of hydrogen-bond donors (Lipinski definition) is 1. The number of nitrogen functional groups attached to an aromatic ring is 1. The Morgan fingerprint density at radius 2 is 1.85 bits per heavy atom. The molecule has 2 aromatic heterocycles. The molecule has 0 spiro atoms. The van der Waals surface area contributed by atoms with Gasteiger partial charge in [-0.05, 0) is 85.9 Å². The molecule has 34 heavy (non-hydrogen) atoms. The van der Waals surface area contributed by atoms with Gasteiger partial charge in [-0.2, -0.15) is 0 Å². The third kappa shape index (κ3) is 3.31. The highest BCUT2D eigenvalue weighted by molar-refractivity contribution is 7.15. The maximum Gasteiger partial charge on any atom is 0.180 e. The van der Waals surface area contributed by atoms with Crippen molar-refractivity contribution in [2.75, 3.05) is 5.73 Å². The quantitative estimate of drug-likeness (QED) is 0.372. The van der Waals surface area contributed by atoms with Crippen molar-refractivity contribution >= 4 is 22.3 Å². The second kappa shape index (κ2) is 7.37. The first-order valence-electron chi connectivity index (χ1n) is 11.7. The van der Waals surface area contributed by atoms with Crippen LogP contribution in [0, 0.1) is 20.8 Å². The second-order valence-electron chi connectivity index (χ2n) is 10.4. The van der Waals surface area contributed by atoms with Gasteiger partial charge in [-0.1, -0.05) is 18.2 Å². The average molecular weight is 469 g/mol. The normalized spacial score (nSPS) is 22.8. The molecule has 5 nitrogen and oxygen atoms in total. The van der Waals surface area contributed by atoms with Crippen LogP contribution in [0.3, 0.4) is 0 Å². The van der Waals surface area contributed by atoms with Crippen LogP contribution in [-0.2, 0) is 17.3 Å². The van der Waals surface area contributed by atoms with Crippen molar-refractivity contribution in [2.45, 2.75) is 57.3 Å². The Morgan fingerprint density at radius 1 is 1.06 bits per heavy atom. The number of imidazole rings is 1. The van der Waals surface area contributed by atoms with Gasteiger partial charge >= 0.3 is 0 Å². The maximum atomic E-state index is 13.3. The predicted octanol–water partition coefficient (Wildman–Crippen LogP) is 5.63. The zero-order valence-electron chi connectivity index (χ0n) is 19.8. The third-order valence-corrected chi connectivity index (χ3v) is 8.78. The minimum atomic E-state index is 0.163. The number of carbonyl (C=O) groups excluding carboxylic acids is 1. The van der Waals surface area contributed by atoms with Gasteiger partial charge < -0.3 is 10.3 Å². The molecule has 172 valence electrons. The smallest absolute Gasteiger partial charge is 0.180 e. The third-order valence-electron chi connectivity index (χ3n) is 7.70. The van der Waals surface area contributed by atoms with E-state index in [1.54, 1.807) is 11.3 Å². The van der Waals surface area contributed by atoms with E-state index in [0.29, 0.717) is 11.6 Å². The molecule has 3 aliphatic rings. The van der Waals surface area contributed by atoms with Crippen LogP contribution in [0.25, 0.3) is 5.69 Å². The fourth-order valence-electron chi connectivity index (χ4n) is 6.18. The lowest BCUT2D eigenvalue weighted by Crippen LogP contribution is -2.67. The molecule has 3 saturated carbocycles. The number of benzene rings is 2. The second-order valence-corrected chi connectivity index (χ2v) is 11.4. The summed E-state index contributed by atoms with van der Waals surface area (Å²) < 4.78 is 2.01. The fourth-order valence-corrected chi connectivity index (χ4v) is 7.05. The summed E-state index contributed by atoms with van der Waals surface area (Å²) in [6, 6.07) is 12.6. The summed E-state index contributed by atoms with van der Waals surface area (Å²) in [5, 5.41) is 0.653. The Labute approximate surface area is 203 Å². The molecular weight excluding hydrogens is 440 g/mol. The molecule has 0 saturated heterocycles. The van der Waals surface area contributed by atoms with Crippen molar-refractivity contribution in [1.29, 1.82) is 0 Å². The minimum absolute atomic E-state index is 0.163. The van der Waals surface area contributed by atoms with Gasteiger partial charge in [0.05, 0.1) is 12.0 Å². The highest BCUT2D eigenvalue weighted by Gasteiger charge is 2.69. The molecule has 0 aliphatic heterocycles. The topological polar surface area (TPSA) is 73.8 Å². The molecule has 6 heteroatoms. The van der Waals surface area contributed by atoms with Crippen molar-refractivity contribution in [3.05, 3.63) is 93.5 Å². The molecule has 7 rings (SSSR count). The number of nitrogens with two attached hydrogens (primary N) is 1. The van der Waals surface area contributed by atoms with Crippen LogP contribution in [0.4, 0.5) is 5.13 Å². The van der Waals surface area contributed by atoms with Gasteiger partial charge in [0.15, 0.2) is 10.9 Å². The van der Waals surface area contributed by atoms with E-state index in [-0.39, 0.29) is 16.6 Å². The Morgan fingerprint density at radius 3 is 2.53 bits per heavy atom. The van der Waals surface area contributed by atoms with E-state index in [0.717, 1.165) is 47.3 Å². The molecular formula is C28H28N4OS. The van der Waals surface area contributed by atoms with Gasteiger partial charge in [-0.3, -0.25) is 4.79 Å². The molecule has 2 heterocycles. The number of nitrogens with zero attached hydrogens (tertiary/aromatic N) is 3. The maximum absolute atomic E-state index is 13.3. The van der Waals surface area contributed by atoms with Crippen LogP contribution in [0.2, 0.25) is 0 Å². The standard InChI is InChI=1S/C28H28N4OS/c1-17-6-20(8-22(7-17)32-12-19(3)31-16-32)9-24(33)21-5-4-18(2)23(10-21)27-13-28(14-27,15-27)25-11-30-26(29)34-25/h4-8,10-12,16H,9,13-15H2,1-3H3,(H2,29,30). The lowest BCUT2D eigenvalue weighted by Gasteiger charge is -2.71. The van der Waals surface area contributed by atoms with Gasteiger partial charge in [0.1, 0.15) is 0 Å². The van der Waals surface area contributed by atoms with Crippen LogP contribution < -0.4 is 5.73 Å². The lowest BCUT2D eigenvalue weighted by molar-refractivity contribution is -0.0672. The summed E-state index contributed by atoms with van der Waals surface area (Å²) in [7, 11) is 0. The number of hydrogen-bond acceptors (Lipinski definition) is 5. The first-order valence-corrected chi connectivity index (χ1v) is 12.5. The van der Waals surface area contributed by atoms with E-state index in [1.807, 2.05) is 36.3 Å². The zero-order chi connectivity index (χ0) is 23.7. The minimum Gasteiger partial charge on any atom is -0.375 e. The van der Waals surface area contributed by atoms with Crippen LogP contribution in [0.5, 0.6) is 0 Å².